The summed E-state index contributed by atoms with van der Waals surface area (Å²) < 4.78 is 0. The Balaban J connectivity index is -0.0000000886. The van der Waals surface area contributed by atoms with Crippen LogP contribution in [-0.2, 0) is 9.59 Å². The Labute approximate surface area is 76.8 Å². The van der Waals surface area contributed by atoms with E-state index >= 15 is 0 Å². The Kier molecular flexibility index (Phi) is 25.3. The maximum absolute atomic E-state index is 9.00. The number of rotatable bonds is 0. The third-order valence-electron chi connectivity index (χ3n) is 0. The molecule has 0 spiro atoms. The van der Waals surface area contributed by atoms with Crippen LogP contribution in [0.1, 0.15) is 13.8 Å². The van der Waals surface area contributed by atoms with Crippen molar-refractivity contribution < 1.29 is 19.8 Å². The van der Waals surface area contributed by atoms with Crippen LogP contribution in [0.5, 0.6) is 0 Å². The Morgan fingerprint density at radius 1 is 1.00 bits per heavy atom. The minimum absolute atomic E-state index is 0.230. The zero-order valence-electron chi connectivity index (χ0n) is 7.21. The van der Waals surface area contributed by atoms with Crippen LogP contribution in [0.3, 0.4) is 0 Å². The first-order valence-electron chi connectivity index (χ1n) is 2.86. The van der Waals surface area contributed by atoms with Gasteiger partial charge in [-0.25, -0.2) is 0 Å². The Morgan fingerprint density at radius 3 is 1.00 bits per heavy atom. The summed E-state index contributed by atoms with van der Waals surface area (Å²) in [5, 5.41) is 14.8. The normalized spacial score (nSPS) is 6.18. The SMILES string of the molecule is CC(=O)O.CC(=O)O.[CH3][Sn][CH3]. The molecule has 0 aromatic heterocycles. The average molecular weight is 269 g/mol. The van der Waals surface area contributed by atoms with Crippen LogP contribution >= 0.6 is 0 Å². The predicted molar refractivity (Wildman–Crippen MR) is 44.1 cm³/mol. The fraction of sp³-hybridized carbons (Fsp3) is 0.667. The summed E-state index contributed by atoms with van der Waals surface area (Å²) in [6.07, 6.45) is 0. The summed E-state index contributed by atoms with van der Waals surface area (Å²) in [5.74, 6) is -1.67. The van der Waals surface area contributed by atoms with E-state index in [4.69, 9.17) is 19.8 Å². The second-order valence-corrected chi connectivity index (χ2v) is 4.39. The first-order valence-corrected chi connectivity index (χ1v) is 8.56. The summed E-state index contributed by atoms with van der Waals surface area (Å²) in [6.45, 7) is 2.17. The molecule has 0 amide bonds. The standard InChI is InChI=1S/2C2H4O2.2CH3.Sn/c2*1-2(3)4;;;/h2*1H3,(H,3,4);2*1H3;. The maximum atomic E-state index is 9.00. The molecule has 0 saturated carbocycles. The molecule has 0 aliphatic rings. The molecule has 66 valence electrons. The van der Waals surface area contributed by atoms with Crippen molar-refractivity contribution in [3.05, 3.63) is 0 Å². The molecule has 0 rings (SSSR count). The van der Waals surface area contributed by atoms with Crippen molar-refractivity contribution in [2.45, 2.75) is 23.7 Å². The van der Waals surface area contributed by atoms with Crippen molar-refractivity contribution in [1.29, 1.82) is 0 Å². The summed E-state index contributed by atoms with van der Waals surface area (Å²) in [7, 11) is 0. The van der Waals surface area contributed by atoms with Crippen LogP contribution in [0.25, 0.3) is 0 Å². The van der Waals surface area contributed by atoms with E-state index in [1.165, 1.54) is 0 Å². The molecule has 4 nitrogen and oxygen atoms in total. The van der Waals surface area contributed by atoms with Crippen LogP contribution in [0, 0.1) is 0 Å². The van der Waals surface area contributed by atoms with E-state index in [-0.39, 0.29) is 21.1 Å². The quantitative estimate of drug-likeness (QED) is 0.642. The van der Waals surface area contributed by atoms with Crippen molar-refractivity contribution in [3.8, 4) is 0 Å². The van der Waals surface area contributed by atoms with Crippen molar-refractivity contribution in [1.82, 2.24) is 0 Å². The molecule has 2 N–H and O–H groups in total. The van der Waals surface area contributed by atoms with Gasteiger partial charge in [-0.05, 0) is 0 Å². The van der Waals surface area contributed by atoms with E-state index < -0.39 is 11.9 Å². The van der Waals surface area contributed by atoms with Crippen LogP contribution in [0.15, 0.2) is 0 Å². The number of carboxylic acid groups (broad SMARTS) is 2. The van der Waals surface area contributed by atoms with Gasteiger partial charge in [-0.3, -0.25) is 9.59 Å². The zero-order valence-corrected chi connectivity index (χ0v) is 10.1. The average Bonchev–Trinajstić information content (AvgIpc) is 1.60. The Bertz CT molecular complexity index is 82.8. The van der Waals surface area contributed by atoms with Gasteiger partial charge in [-0.15, -0.1) is 0 Å². The fourth-order valence-electron chi connectivity index (χ4n) is 0. The van der Waals surface area contributed by atoms with Crippen molar-refractivity contribution in [2.24, 2.45) is 0 Å². The molecular weight excluding hydrogens is 255 g/mol. The summed E-state index contributed by atoms with van der Waals surface area (Å²) >= 11 is 0.230. The molecule has 0 aliphatic carbocycles. The topological polar surface area (TPSA) is 74.6 Å². The van der Waals surface area contributed by atoms with E-state index in [0.29, 0.717) is 0 Å². The van der Waals surface area contributed by atoms with E-state index in [1.54, 1.807) is 0 Å². The van der Waals surface area contributed by atoms with Crippen molar-refractivity contribution >= 4 is 33.1 Å². The number of hydrogen-bond donors (Lipinski definition) is 2. The molecule has 11 heavy (non-hydrogen) atoms. The molecule has 5 heteroatoms. The molecular formula is C6H14O4Sn. The van der Waals surface area contributed by atoms with Crippen molar-refractivity contribution in [2.75, 3.05) is 0 Å². The summed E-state index contributed by atoms with van der Waals surface area (Å²) in [6, 6.07) is 0. The number of aliphatic carboxylic acids is 2. The molecule has 0 aromatic rings. The van der Waals surface area contributed by atoms with Gasteiger partial charge >= 0.3 is 31.0 Å². The third kappa shape index (κ3) is 8540. The zero-order chi connectivity index (χ0) is 9.86. The van der Waals surface area contributed by atoms with Gasteiger partial charge in [0.2, 0.25) is 0 Å². The minimum atomic E-state index is -0.833. The molecule has 0 saturated heterocycles. The fourth-order valence-corrected chi connectivity index (χ4v) is 0. The molecule has 0 aliphatic heterocycles. The first kappa shape index (κ1) is 17.0. The number of hydrogen-bond acceptors (Lipinski definition) is 2. The Morgan fingerprint density at radius 2 is 1.00 bits per heavy atom. The van der Waals surface area contributed by atoms with Crippen molar-refractivity contribution in [3.63, 3.8) is 0 Å². The predicted octanol–water partition coefficient (Wildman–Crippen LogP) is 0.969. The molecule has 0 unspecified atom stereocenters. The van der Waals surface area contributed by atoms with E-state index in [0.717, 1.165) is 13.8 Å². The summed E-state index contributed by atoms with van der Waals surface area (Å²) in [4.78, 5) is 22.6. The van der Waals surface area contributed by atoms with Crippen LogP contribution in [-0.4, -0.2) is 43.3 Å². The van der Waals surface area contributed by atoms with Gasteiger partial charge in [0, 0.05) is 13.8 Å². The van der Waals surface area contributed by atoms with Crippen LogP contribution in [0.4, 0.5) is 0 Å². The van der Waals surface area contributed by atoms with E-state index in [1.807, 2.05) is 0 Å². The molecule has 0 aromatic carbocycles. The van der Waals surface area contributed by atoms with Gasteiger partial charge in [-0.2, -0.15) is 0 Å². The van der Waals surface area contributed by atoms with Gasteiger partial charge in [0.25, 0.3) is 11.9 Å². The van der Waals surface area contributed by atoms with Gasteiger partial charge in [-0.1, -0.05) is 0 Å². The van der Waals surface area contributed by atoms with Gasteiger partial charge in [0.05, 0.1) is 0 Å². The van der Waals surface area contributed by atoms with E-state index in [9.17, 15) is 0 Å². The van der Waals surface area contributed by atoms with Gasteiger partial charge in [0.1, 0.15) is 0 Å². The second kappa shape index (κ2) is 16.4. The third-order valence-corrected chi connectivity index (χ3v) is 0. The van der Waals surface area contributed by atoms with Crippen LogP contribution < -0.4 is 0 Å². The second-order valence-electron chi connectivity index (χ2n) is 1.54. The number of carbonyl (C=O) groups is 2. The Hall–Kier alpha value is -0.261. The molecule has 0 atom stereocenters. The number of carboxylic acids is 2. The molecule has 0 fully saturated rings. The summed E-state index contributed by atoms with van der Waals surface area (Å²) in [5.41, 5.74) is 0. The van der Waals surface area contributed by atoms with Gasteiger partial charge in [0.15, 0.2) is 0 Å². The first-order chi connectivity index (χ1) is 4.88. The molecule has 0 bridgehead atoms. The van der Waals surface area contributed by atoms with Gasteiger partial charge < -0.3 is 10.2 Å². The molecule has 2 radical (unpaired) electrons. The molecule has 0 heterocycles. The van der Waals surface area contributed by atoms with Crippen LogP contribution in [0.2, 0.25) is 9.88 Å². The van der Waals surface area contributed by atoms with E-state index in [2.05, 4.69) is 9.88 Å². The monoisotopic (exact) mass is 270 g/mol.